The normalized spacial score (nSPS) is 10.8. The molecule has 0 aliphatic heterocycles. The van der Waals surface area contributed by atoms with Crippen molar-refractivity contribution in [1.29, 1.82) is 0 Å². The van der Waals surface area contributed by atoms with Crippen LogP contribution >= 0.6 is 11.6 Å². The summed E-state index contributed by atoms with van der Waals surface area (Å²) in [6.45, 7) is -0.240. The van der Waals surface area contributed by atoms with Crippen molar-refractivity contribution < 1.29 is 9.53 Å². The highest BCUT2D eigenvalue weighted by Crippen LogP contribution is 2.19. The summed E-state index contributed by atoms with van der Waals surface area (Å²) < 4.78 is 7.37. The third-order valence-corrected chi connectivity index (χ3v) is 4.48. The van der Waals surface area contributed by atoms with Crippen LogP contribution in [-0.2, 0) is 11.3 Å². The lowest BCUT2D eigenvalue weighted by atomic mass is 10.1. The Morgan fingerprint density at radius 3 is 2.66 bits per heavy atom. The van der Waals surface area contributed by atoms with Gasteiger partial charge >= 0.3 is 5.69 Å². The fraction of sp³-hybridized carbons (Fsp3) is 0.100. The fourth-order valence-electron chi connectivity index (χ4n) is 2.82. The maximum Gasteiger partial charge on any atom is 0.367 e. The zero-order valence-electron chi connectivity index (χ0n) is 15.4. The first kappa shape index (κ1) is 18.7. The zero-order valence-corrected chi connectivity index (χ0v) is 16.1. The monoisotopic (exact) mass is 409 g/mol. The molecule has 0 bridgehead atoms. The number of rotatable bonds is 5. The average Bonchev–Trinajstić information content (AvgIpc) is 3.03. The summed E-state index contributed by atoms with van der Waals surface area (Å²) in [5.74, 6) is 0.230. The highest BCUT2D eigenvalue weighted by atomic mass is 35.5. The van der Waals surface area contributed by atoms with Crippen molar-refractivity contribution in [3.8, 4) is 17.0 Å². The number of hydrogen-bond donors (Lipinski definition) is 1. The fourth-order valence-corrected chi connectivity index (χ4v) is 2.95. The zero-order chi connectivity index (χ0) is 20.4. The van der Waals surface area contributed by atoms with E-state index in [1.165, 1.54) is 4.52 Å². The van der Waals surface area contributed by atoms with E-state index in [4.69, 9.17) is 16.3 Å². The molecule has 0 saturated heterocycles. The largest absolute Gasteiger partial charge is 0.497 e. The van der Waals surface area contributed by atoms with Gasteiger partial charge in [-0.1, -0.05) is 29.8 Å². The quantitative estimate of drug-likeness (QED) is 0.547. The smallest absolute Gasteiger partial charge is 0.367 e. The first-order valence-electron chi connectivity index (χ1n) is 8.70. The van der Waals surface area contributed by atoms with Gasteiger partial charge in [0.2, 0.25) is 5.91 Å². The van der Waals surface area contributed by atoms with Gasteiger partial charge in [-0.05, 0) is 36.4 Å². The minimum atomic E-state index is -0.503. The van der Waals surface area contributed by atoms with Crippen LogP contribution < -0.4 is 15.7 Å². The van der Waals surface area contributed by atoms with Gasteiger partial charge in [-0.25, -0.2) is 9.48 Å². The van der Waals surface area contributed by atoms with E-state index in [9.17, 15) is 9.59 Å². The molecule has 0 atom stereocenters. The number of carbonyl (C=O) groups is 1. The second-order valence-electron chi connectivity index (χ2n) is 6.22. The summed E-state index contributed by atoms with van der Waals surface area (Å²) >= 11 is 5.91. The molecule has 2 heterocycles. The van der Waals surface area contributed by atoms with Crippen molar-refractivity contribution in [3.63, 3.8) is 0 Å². The summed E-state index contributed by atoms with van der Waals surface area (Å²) in [6.07, 6.45) is 0. The molecule has 0 radical (unpaired) electrons. The number of halogens is 1. The summed E-state index contributed by atoms with van der Waals surface area (Å²) in [4.78, 5) is 25.0. The number of fused-ring (bicyclic) bond motifs is 1. The standard InChI is InChI=1S/C20H16ClN5O3/c1-29-16-4-2-3-15(11-16)22-19(27)12-25-20(28)26-18(24-25)10-9-17(23-26)13-5-7-14(21)8-6-13/h2-11H,12H2,1H3,(H,22,27). The number of anilines is 1. The second kappa shape index (κ2) is 7.76. The third kappa shape index (κ3) is 3.97. The number of ether oxygens (including phenoxy) is 1. The predicted molar refractivity (Wildman–Crippen MR) is 109 cm³/mol. The van der Waals surface area contributed by atoms with Crippen LogP contribution in [-0.4, -0.2) is 32.4 Å². The summed E-state index contributed by atoms with van der Waals surface area (Å²) in [6, 6.07) is 17.5. The Hall–Kier alpha value is -3.65. The molecule has 2 aromatic heterocycles. The molecule has 0 aliphatic rings. The Morgan fingerprint density at radius 2 is 1.90 bits per heavy atom. The summed E-state index contributed by atoms with van der Waals surface area (Å²) in [5.41, 5.74) is 1.82. The van der Waals surface area contributed by atoms with Gasteiger partial charge in [0.15, 0.2) is 5.65 Å². The Kier molecular flexibility index (Phi) is 5.01. The van der Waals surface area contributed by atoms with Crippen LogP contribution in [0.1, 0.15) is 0 Å². The summed E-state index contributed by atoms with van der Waals surface area (Å²) in [7, 11) is 1.54. The molecular weight excluding hydrogens is 394 g/mol. The van der Waals surface area contributed by atoms with Crippen molar-refractivity contribution >= 4 is 28.8 Å². The maximum absolute atomic E-state index is 12.6. The number of nitrogens with zero attached hydrogens (tertiary/aromatic N) is 4. The van der Waals surface area contributed by atoms with E-state index in [0.29, 0.717) is 27.8 Å². The van der Waals surface area contributed by atoms with Gasteiger partial charge in [0.05, 0.1) is 12.8 Å². The predicted octanol–water partition coefficient (Wildman–Crippen LogP) is 2.86. The molecule has 0 spiro atoms. The van der Waals surface area contributed by atoms with E-state index in [-0.39, 0.29) is 12.5 Å². The summed E-state index contributed by atoms with van der Waals surface area (Å²) in [5, 5.41) is 11.8. The average molecular weight is 410 g/mol. The van der Waals surface area contributed by atoms with E-state index in [1.54, 1.807) is 55.6 Å². The Morgan fingerprint density at radius 1 is 1.10 bits per heavy atom. The lowest BCUT2D eigenvalue weighted by molar-refractivity contribution is -0.117. The molecule has 9 heteroatoms. The van der Waals surface area contributed by atoms with Gasteiger partial charge in [0, 0.05) is 22.3 Å². The molecule has 2 aromatic carbocycles. The molecule has 1 amide bonds. The van der Waals surface area contributed by atoms with Gasteiger partial charge in [0.1, 0.15) is 12.3 Å². The maximum atomic E-state index is 12.6. The Bertz CT molecular complexity index is 1250. The Labute approximate surface area is 170 Å². The topological polar surface area (TPSA) is 90.5 Å². The molecule has 4 rings (SSSR count). The number of amides is 1. The minimum Gasteiger partial charge on any atom is -0.497 e. The number of hydrogen-bond acceptors (Lipinski definition) is 5. The van der Waals surface area contributed by atoms with Gasteiger partial charge in [-0.2, -0.15) is 9.61 Å². The van der Waals surface area contributed by atoms with Crippen LogP contribution in [0.2, 0.25) is 5.02 Å². The highest BCUT2D eigenvalue weighted by Gasteiger charge is 2.13. The van der Waals surface area contributed by atoms with Crippen LogP contribution in [0, 0.1) is 0 Å². The van der Waals surface area contributed by atoms with Crippen LogP contribution in [0.3, 0.4) is 0 Å². The first-order chi connectivity index (χ1) is 14.0. The lowest BCUT2D eigenvalue weighted by Gasteiger charge is -2.06. The number of carbonyl (C=O) groups excluding carboxylic acids is 1. The van der Waals surface area contributed by atoms with Crippen molar-refractivity contribution in [2.45, 2.75) is 6.54 Å². The number of nitrogens with one attached hydrogen (secondary N) is 1. The first-order valence-corrected chi connectivity index (χ1v) is 9.08. The molecule has 8 nitrogen and oxygen atoms in total. The highest BCUT2D eigenvalue weighted by molar-refractivity contribution is 6.30. The number of methoxy groups -OCH3 is 1. The molecule has 0 aliphatic carbocycles. The molecule has 4 aromatic rings. The molecule has 0 saturated carbocycles. The lowest BCUT2D eigenvalue weighted by Crippen LogP contribution is -2.28. The van der Waals surface area contributed by atoms with E-state index in [1.807, 2.05) is 12.1 Å². The number of benzene rings is 2. The van der Waals surface area contributed by atoms with E-state index >= 15 is 0 Å². The molecule has 0 fully saturated rings. The molecule has 146 valence electrons. The van der Waals surface area contributed by atoms with E-state index < -0.39 is 5.69 Å². The van der Waals surface area contributed by atoms with Crippen LogP contribution in [0.4, 0.5) is 5.69 Å². The number of aromatic nitrogens is 4. The third-order valence-electron chi connectivity index (χ3n) is 4.23. The van der Waals surface area contributed by atoms with Crippen molar-refractivity contribution in [2.24, 2.45) is 0 Å². The van der Waals surface area contributed by atoms with Crippen molar-refractivity contribution in [1.82, 2.24) is 19.4 Å². The SMILES string of the molecule is COc1cccc(NC(=O)Cn2nc3ccc(-c4ccc(Cl)cc4)nn3c2=O)c1. The van der Waals surface area contributed by atoms with Crippen LogP contribution in [0.5, 0.6) is 5.75 Å². The van der Waals surface area contributed by atoms with E-state index in [2.05, 4.69) is 15.5 Å². The molecular formula is C20H16ClN5O3. The van der Waals surface area contributed by atoms with Crippen LogP contribution in [0.25, 0.3) is 16.9 Å². The van der Waals surface area contributed by atoms with Crippen molar-refractivity contribution in [3.05, 3.63) is 76.2 Å². The van der Waals surface area contributed by atoms with Gasteiger partial charge in [0.25, 0.3) is 0 Å². The molecule has 0 unspecified atom stereocenters. The molecule has 29 heavy (non-hydrogen) atoms. The van der Waals surface area contributed by atoms with Crippen LogP contribution in [0.15, 0.2) is 65.5 Å². The van der Waals surface area contributed by atoms with Gasteiger partial charge in [-0.3, -0.25) is 4.79 Å². The van der Waals surface area contributed by atoms with Gasteiger partial charge < -0.3 is 10.1 Å². The molecule has 1 N–H and O–H groups in total. The Balaban J connectivity index is 1.57. The minimum absolute atomic E-state index is 0.240. The second-order valence-corrected chi connectivity index (χ2v) is 6.65. The van der Waals surface area contributed by atoms with E-state index in [0.717, 1.165) is 10.2 Å². The van der Waals surface area contributed by atoms with Crippen molar-refractivity contribution in [2.75, 3.05) is 12.4 Å². The van der Waals surface area contributed by atoms with Gasteiger partial charge in [-0.15, -0.1) is 5.10 Å².